The van der Waals surface area contributed by atoms with Crippen LogP contribution in [0.25, 0.3) is 0 Å². The summed E-state index contributed by atoms with van der Waals surface area (Å²) in [6.45, 7) is 2.66. The SMILES string of the molecule is CCCC(C)CC(=O)Nc1ccc(OCC(F)(F)F)nc1. The lowest BCUT2D eigenvalue weighted by molar-refractivity contribution is -0.154. The highest BCUT2D eigenvalue weighted by Crippen LogP contribution is 2.18. The maximum Gasteiger partial charge on any atom is 0.422 e. The molecule has 0 fully saturated rings. The molecule has 0 bridgehead atoms. The summed E-state index contributed by atoms with van der Waals surface area (Å²) in [5.74, 6) is 0.0173. The lowest BCUT2D eigenvalue weighted by atomic mass is 10.0. The fraction of sp³-hybridized carbons (Fsp3) is 0.571. The van der Waals surface area contributed by atoms with E-state index in [-0.39, 0.29) is 17.7 Å². The van der Waals surface area contributed by atoms with Gasteiger partial charge in [-0.25, -0.2) is 4.98 Å². The average molecular weight is 304 g/mol. The molecule has 0 aromatic carbocycles. The first kappa shape index (κ1) is 17.3. The average Bonchev–Trinajstić information content (AvgIpc) is 2.37. The number of nitrogens with zero attached hydrogens (tertiary/aromatic N) is 1. The third kappa shape index (κ3) is 7.53. The van der Waals surface area contributed by atoms with Gasteiger partial charge in [0.2, 0.25) is 11.8 Å². The zero-order chi connectivity index (χ0) is 15.9. The second-order valence-electron chi connectivity index (χ2n) is 4.94. The number of alkyl halides is 3. The summed E-state index contributed by atoms with van der Waals surface area (Å²) in [5, 5.41) is 2.65. The molecule has 0 saturated heterocycles. The molecule has 1 aromatic heterocycles. The maximum atomic E-state index is 12.0. The molecule has 1 unspecified atom stereocenters. The number of hydrogen-bond donors (Lipinski definition) is 1. The van der Waals surface area contributed by atoms with Gasteiger partial charge in [-0.15, -0.1) is 0 Å². The zero-order valence-corrected chi connectivity index (χ0v) is 12.0. The van der Waals surface area contributed by atoms with Crippen LogP contribution in [0.2, 0.25) is 0 Å². The second-order valence-corrected chi connectivity index (χ2v) is 4.94. The molecular formula is C14H19F3N2O2. The Kier molecular flexibility index (Phi) is 6.45. The van der Waals surface area contributed by atoms with Crippen LogP contribution in [0.3, 0.4) is 0 Å². The molecule has 1 rings (SSSR count). The minimum atomic E-state index is -4.40. The minimum absolute atomic E-state index is 0.135. The van der Waals surface area contributed by atoms with Crippen LogP contribution in [-0.4, -0.2) is 23.7 Å². The van der Waals surface area contributed by atoms with E-state index >= 15 is 0 Å². The van der Waals surface area contributed by atoms with Crippen molar-refractivity contribution in [2.24, 2.45) is 5.92 Å². The van der Waals surface area contributed by atoms with Crippen molar-refractivity contribution in [2.45, 2.75) is 39.3 Å². The van der Waals surface area contributed by atoms with Crippen LogP contribution in [-0.2, 0) is 4.79 Å². The molecule has 0 saturated carbocycles. The van der Waals surface area contributed by atoms with Gasteiger partial charge in [0.1, 0.15) is 0 Å². The smallest absolute Gasteiger partial charge is 0.422 e. The van der Waals surface area contributed by atoms with Crippen LogP contribution in [0.5, 0.6) is 5.88 Å². The summed E-state index contributed by atoms with van der Waals surface area (Å²) in [6, 6.07) is 2.75. The summed E-state index contributed by atoms with van der Waals surface area (Å²) in [6.07, 6.45) is -0.741. The van der Waals surface area contributed by atoms with Gasteiger partial charge in [-0.05, 0) is 12.0 Å². The molecule has 1 N–H and O–H groups in total. The molecule has 1 atom stereocenters. The minimum Gasteiger partial charge on any atom is -0.468 e. The molecule has 1 heterocycles. The van der Waals surface area contributed by atoms with E-state index in [4.69, 9.17) is 0 Å². The van der Waals surface area contributed by atoms with Crippen LogP contribution in [0.15, 0.2) is 18.3 Å². The molecule has 4 nitrogen and oxygen atoms in total. The second kappa shape index (κ2) is 7.85. The van der Waals surface area contributed by atoms with Gasteiger partial charge in [0.25, 0.3) is 0 Å². The van der Waals surface area contributed by atoms with E-state index in [1.165, 1.54) is 18.3 Å². The largest absolute Gasteiger partial charge is 0.468 e. The standard InChI is InChI=1S/C14H19F3N2O2/c1-3-4-10(2)7-12(20)19-11-5-6-13(18-8-11)21-9-14(15,16)17/h5-6,8,10H,3-4,7,9H2,1-2H3,(H,19,20). The Morgan fingerprint density at radius 2 is 2.14 bits per heavy atom. The fourth-order valence-electron chi connectivity index (χ4n) is 1.82. The fourth-order valence-corrected chi connectivity index (χ4v) is 1.82. The van der Waals surface area contributed by atoms with Gasteiger partial charge in [-0.3, -0.25) is 4.79 Å². The summed E-state index contributed by atoms with van der Waals surface area (Å²) in [4.78, 5) is 15.4. The number of carbonyl (C=O) groups excluding carboxylic acids is 1. The third-order valence-corrected chi connectivity index (χ3v) is 2.72. The summed E-state index contributed by atoms with van der Waals surface area (Å²) < 4.78 is 40.4. The number of nitrogens with one attached hydrogen (secondary N) is 1. The van der Waals surface area contributed by atoms with Crippen LogP contribution < -0.4 is 10.1 Å². The monoisotopic (exact) mass is 304 g/mol. The maximum absolute atomic E-state index is 12.0. The van der Waals surface area contributed by atoms with Crippen molar-refractivity contribution in [3.05, 3.63) is 18.3 Å². The van der Waals surface area contributed by atoms with Gasteiger partial charge in [-0.1, -0.05) is 26.7 Å². The molecule has 21 heavy (non-hydrogen) atoms. The van der Waals surface area contributed by atoms with Crippen LogP contribution in [0.4, 0.5) is 18.9 Å². The molecule has 1 amide bonds. The van der Waals surface area contributed by atoms with Crippen molar-refractivity contribution in [3.63, 3.8) is 0 Å². The summed E-state index contributed by atoms with van der Waals surface area (Å²) in [7, 11) is 0. The number of anilines is 1. The molecule has 1 aromatic rings. The third-order valence-electron chi connectivity index (χ3n) is 2.72. The van der Waals surface area contributed by atoms with E-state index in [2.05, 4.69) is 22.0 Å². The van der Waals surface area contributed by atoms with E-state index in [0.29, 0.717) is 12.1 Å². The molecule has 0 spiro atoms. The number of ether oxygens (including phenoxy) is 1. The van der Waals surface area contributed by atoms with Crippen molar-refractivity contribution >= 4 is 11.6 Å². The van der Waals surface area contributed by atoms with Crippen molar-refractivity contribution in [2.75, 3.05) is 11.9 Å². The van der Waals surface area contributed by atoms with Gasteiger partial charge in [0.15, 0.2) is 6.61 Å². The number of rotatable bonds is 7. The van der Waals surface area contributed by atoms with Crippen LogP contribution >= 0.6 is 0 Å². The van der Waals surface area contributed by atoms with E-state index in [1.807, 2.05) is 6.92 Å². The van der Waals surface area contributed by atoms with E-state index < -0.39 is 12.8 Å². The van der Waals surface area contributed by atoms with Crippen molar-refractivity contribution in [1.82, 2.24) is 4.98 Å². The zero-order valence-electron chi connectivity index (χ0n) is 12.0. The lowest BCUT2D eigenvalue weighted by Gasteiger charge is -2.11. The van der Waals surface area contributed by atoms with Gasteiger partial charge in [0, 0.05) is 12.5 Å². The number of aromatic nitrogens is 1. The number of amides is 1. The predicted molar refractivity (Wildman–Crippen MR) is 73.1 cm³/mol. The van der Waals surface area contributed by atoms with Crippen LogP contribution in [0, 0.1) is 5.92 Å². The number of hydrogen-bond acceptors (Lipinski definition) is 3. The molecule has 7 heteroatoms. The molecule has 0 aliphatic heterocycles. The molecular weight excluding hydrogens is 285 g/mol. The molecule has 0 aliphatic carbocycles. The molecule has 0 radical (unpaired) electrons. The summed E-state index contributed by atoms with van der Waals surface area (Å²) in [5.41, 5.74) is 0.433. The van der Waals surface area contributed by atoms with Gasteiger partial charge >= 0.3 is 6.18 Å². The van der Waals surface area contributed by atoms with E-state index in [9.17, 15) is 18.0 Å². The number of pyridine rings is 1. The highest BCUT2D eigenvalue weighted by atomic mass is 19.4. The van der Waals surface area contributed by atoms with Crippen molar-refractivity contribution in [1.29, 1.82) is 0 Å². The lowest BCUT2D eigenvalue weighted by Crippen LogP contribution is -2.19. The van der Waals surface area contributed by atoms with Gasteiger partial charge < -0.3 is 10.1 Å². The highest BCUT2D eigenvalue weighted by molar-refractivity contribution is 5.90. The molecule has 118 valence electrons. The number of halogens is 3. The van der Waals surface area contributed by atoms with Crippen molar-refractivity contribution in [3.8, 4) is 5.88 Å². The Labute approximate surface area is 121 Å². The topological polar surface area (TPSA) is 51.2 Å². The number of carbonyl (C=O) groups is 1. The Morgan fingerprint density at radius 1 is 1.43 bits per heavy atom. The van der Waals surface area contributed by atoms with Crippen LogP contribution in [0.1, 0.15) is 33.1 Å². The van der Waals surface area contributed by atoms with E-state index in [0.717, 1.165) is 12.8 Å². The Morgan fingerprint density at radius 3 is 2.67 bits per heavy atom. The first-order chi connectivity index (χ1) is 9.80. The van der Waals surface area contributed by atoms with E-state index in [1.54, 1.807) is 0 Å². The highest BCUT2D eigenvalue weighted by Gasteiger charge is 2.28. The predicted octanol–water partition coefficient (Wildman–Crippen LogP) is 3.79. The Balaban J connectivity index is 2.45. The summed E-state index contributed by atoms with van der Waals surface area (Å²) >= 11 is 0. The Bertz CT molecular complexity index is 447. The first-order valence-electron chi connectivity index (χ1n) is 6.75. The van der Waals surface area contributed by atoms with Gasteiger partial charge in [-0.2, -0.15) is 13.2 Å². The molecule has 0 aliphatic rings. The normalized spacial score (nSPS) is 12.8. The van der Waals surface area contributed by atoms with Crippen molar-refractivity contribution < 1.29 is 22.7 Å². The first-order valence-corrected chi connectivity index (χ1v) is 6.75. The quantitative estimate of drug-likeness (QED) is 0.834. The van der Waals surface area contributed by atoms with Gasteiger partial charge in [0.05, 0.1) is 11.9 Å². The Hall–Kier alpha value is -1.79.